The maximum absolute atomic E-state index is 12.5. The lowest BCUT2D eigenvalue weighted by Crippen LogP contribution is -2.21. The Labute approximate surface area is 206 Å². The molecule has 0 atom stereocenters. The van der Waals surface area contributed by atoms with Gasteiger partial charge in [-0.2, -0.15) is 5.10 Å². The quantitative estimate of drug-likeness (QED) is 0.210. The number of aromatic hydroxyl groups is 1. The van der Waals surface area contributed by atoms with Gasteiger partial charge in [0, 0.05) is 21.8 Å². The molecule has 3 aromatic carbocycles. The molecule has 0 saturated heterocycles. The minimum Gasteiger partial charge on any atom is -0.508 e. The van der Waals surface area contributed by atoms with Gasteiger partial charge in [-0.25, -0.2) is 5.43 Å². The summed E-state index contributed by atoms with van der Waals surface area (Å²) in [6, 6.07) is 22.1. The molecular formula is C25H22ClN5O2S. The fraction of sp³-hybridized carbons (Fsp3) is 0.120. The molecule has 0 aliphatic rings. The number of aromatic nitrogens is 3. The Morgan fingerprint density at radius 3 is 2.53 bits per heavy atom. The van der Waals surface area contributed by atoms with Crippen LogP contribution in [-0.4, -0.2) is 37.2 Å². The number of hydrogen-bond acceptors (Lipinski definition) is 6. The molecule has 0 spiro atoms. The minimum absolute atomic E-state index is 0.0986. The first-order valence-electron chi connectivity index (χ1n) is 10.4. The molecule has 0 aliphatic heterocycles. The third kappa shape index (κ3) is 5.65. The second-order valence-electron chi connectivity index (χ2n) is 7.56. The normalized spacial score (nSPS) is 11.4. The van der Waals surface area contributed by atoms with Crippen molar-refractivity contribution in [3.63, 3.8) is 0 Å². The molecule has 0 radical (unpaired) electrons. The number of hydrogen-bond donors (Lipinski definition) is 2. The van der Waals surface area contributed by atoms with Gasteiger partial charge >= 0.3 is 0 Å². The monoisotopic (exact) mass is 491 g/mol. The van der Waals surface area contributed by atoms with Crippen LogP contribution in [0.3, 0.4) is 0 Å². The van der Waals surface area contributed by atoms with Crippen LogP contribution in [0.25, 0.3) is 17.1 Å². The van der Waals surface area contributed by atoms with E-state index in [4.69, 9.17) is 11.6 Å². The Morgan fingerprint density at radius 2 is 1.82 bits per heavy atom. The highest BCUT2D eigenvalue weighted by atomic mass is 35.5. The van der Waals surface area contributed by atoms with E-state index in [2.05, 4.69) is 20.7 Å². The number of thioether (sulfide) groups is 1. The highest BCUT2D eigenvalue weighted by Crippen LogP contribution is 2.28. The second kappa shape index (κ2) is 10.5. The first-order valence-corrected chi connectivity index (χ1v) is 11.8. The predicted octanol–water partition coefficient (Wildman–Crippen LogP) is 5.23. The van der Waals surface area contributed by atoms with Gasteiger partial charge in [-0.3, -0.25) is 9.36 Å². The maximum atomic E-state index is 12.5. The number of hydrazone groups is 1. The first kappa shape index (κ1) is 23.5. The molecule has 34 heavy (non-hydrogen) atoms. The Balaban J connectivity index is 1.53. The van der Waals surface area contributed by atoms with Gasteiger partial charge in [-0.1, -0.05) is 53.2 Å². The van der Waals surface area contributed by atoms with Crippen LogP contribution in [-0.2, 0) is 4.79 Å². The number of phenolic OH excluding ortho intramolecular Hbond substituents is 1. The van der Waals surface area contributed by atoms with E-state index in [1.165, 1.54) is 11.8 Å². The van der Waals surface area contributed by atoms with Gasteiger partial charge in [0.1, 0.15) is 5.75 Å². The molecule has 1 amide bonds. The Hall–Kier alpha value is -3.62. The lowest BCUT2D eigenvalue weighted by atomic mass is 10.1. The van der Waals surface area contributed by atoms with Gasteiger partial charge in [0.05, 0.1) is 11.5 Å². The SMILES string of the molecule is CC(=NNC(=O)CSc1nnc(-c2ccc(Cl)cc2)n1-c1ccc(C)cc1)c1cccc(O)c1. The molecule has 0 unspecified atom stereocenters. The molecule has 0 aliphatic carbocycles. The van der Waals surface area contributed by atoms with Gasteiger partial charge in [-0.15, -0.1) is 10.2 Å². The van der Waals surface area contributed by atoms with Gasteiger partial charge in [-0.05, 0) is 62.4 Å². The van der Waals surface area contributed by atoms with Crippen LogP contribution in [0, 0.1) is 6.92 Å². The summed E-state index contributed by atoms with van der Waals surface area (Å²) < 4.78 is 1.92. The van der Waals surface area contributed by atoms with E-state index in [-0.39, 0.29) is 17.4 Å². The topological polar surface area (TPSA) is 92.4 Å². The molecule has 1 heterocycles. The minimum atomic E-state index is -0.281. The largest absolute Gasteiger partial charge is 0.508 e. The summed E-state index contributed by atoms with van der Waals surface area (Å²) in [4.78, 5) is 12.5. The Bertz CT molecular complexity index is 1330. The number of phenols is 1. The zero-order chi connectivity index (χ0) is 24.1. The smallest absolute Gasteiger partial charge is 0.250 e. The standard InChI is InChI=1S/C25H22ClN5O2S/c1-16-6-12-21(13-7-16)31-24(18-8-10-20(26)11-9-18)29-30-25(31)34-15-23(33)28-27-17(2)19-4-3-5-22(32)14-19/h3-14,32H,15H2,1-2H3,(H,28,33). The van der Waals surface area contributed by atoms with Crippen molar-refractivity contribution in [3.05, 3.63) is 88.9 Å². The number of halogens is 1. The van der Waals surface area contributed by atoms with Gasteiger partial charge in [0.15, 0.2) is 11.0 Å². The van der Waals surface area contributed by atoms with Crippen LogP contribution in [0.5, 0.6) is 5.75 Å². The molecule has 9 heteroatoms. The molecular weight excluding hydrogens is 470 g/mol. The number of nitrogens with one attached hydrogen (secondary N) is 1. The van der Waals surface area contributed by atoms with Crippen LogP contribution in [0.4, 0.5) is 0 Å². The van der Waals surface area contributed by atoms with Crippen LogP contribution < -0.4 is 5.43 Å². The van der Waals surface area contributed by atoms with Crippen LogP contribution >= 0.6 is 23.4 Å². The number of benzene rings is 3. The zero-order valence-corrected chi connectivity index (χ0v) is 20.1. The molecule has 7 nitrogen and oxygen atoms in total. The third-order valence-corrected chi connectivity index (χ3v) is 6.15. The van der Waals surface area contributed by atoms with Crippen molar-refractivity contribution >= 4 is 35.0 Å². The Morgan fingerprint density at radius 1 is 1.09 bits per heavy atom. The predicted molar refractivity (Wildman–Crippen MR) is 136 cm³/mol. The van der Waals surface area contributed by atoms with Crippen LogP contribution in [0.1, 0.15) is 18.1 Å². The van der Waals surface area contributed by atoms with E-state index in [1.807, 2.05) is 54.0 Å². The number of carbonyl (C=O) groups is 1. The zero-order valence-electron chi connectivity index (χ0n) is 18.6. The van der Waals surface area contributed by atoms with Gasteiger partial charge < -0.3 is 5.11 Å². The summed E-state index contributed by atoms with van der Waals surface area (Å²) in [5.74, 6) is 0.611. The van der Waals surface area contributed by atoms with E-state index in [0.29, 0.717) is 21.7 Å². The summed E-state index contributed by atoms with van der Waals surface area (Å²) in [7, 11) is 0. The number of nitrogens with zero attached hydrogens (tertiary/aromatic N) is 4. The number of aryl methyl sites for hydroxylation is 1. The summed E-state index contributed by atoms with van der Waals surface area (Å²) in [5, 5.41) is 23.7. The molecule has 4 aromatic rings. The molecule has 172 valence electrons. The highest BCUT2D eigenvalue weighted by molar-refractivity contribution is 7.99. The van der Waals surface area contributed by atoms with Crippen molar-refractivity contribution in [1.29, 1.82) is 0 Å². The third-order valence-electron chi connectivity index (χ3n) is 4.97. The molecule has 2 N–H and O–H groups in total. The lowest BCUT2D eigenvalue weighted by Gasteiger charge is -2.11. The fourth-order valence-electron chi connectivity index (χ4n) is 3.18. The second-order valence-corrected chi connectivity index (χ2v) is 8.93. The molecule has 0 fully saturated rings. The van der Waals surface area contributed by atoms with Crippen molar-refractivity contribution in [2.45, 2.75) is 19.0 Å². The van der Waals surface area contributed by atoms with E-state index in [1.54, 1.807) is 37.3 Å². The number of carbonyl (C=O) groups excluding carboxylic acids is 1. The van der Waals surface area contributed by atoms with E-state index in [9.17, 15) is 9.90 Å². The van der Waals surface area contributed by atoms with Gasteiger partial charge in [0.2, 0.25) is 0 Å². The molecule has 1 aromatic heterocycles. The summed E-state index contributed by atoms with van der Waals surface area (Å²) in [6.45, 7) is 3.78. The molecule has 4 rings (SSSR count). The van der Waals surface area contributed by atoms with Crippen LogP contribution in [0.15, 0.2) is 83.1 Å². The number of amides is 1. The van der Waals surface area contributed by atoms with Crippen molar-refractivity contribution in [2.24, 2.45) is 5.10 Å². The van der Waals surface area contributed by atoms with E-state index < -0.39 is 0 Å². The summed E-state index contributed by atoms with van der Waals surface area (Å²) >= 11 is 7.31. The van der Waals surface area contributed by atoms with Crippen molar-refractivity contribution < 1.29 is 9.90 Å². The molecule has 0 saturated carbocycles. The average Bonchev–Trinajstić information content (AvgIpc) is 3.26. The Kier molecular flexibility index (Phi) is 7.30. The van der Waals surface area contributed by atoms with Gasteiger partial charge in [0.25, 0.3) is 5.91 Å². The highest BCUT2D eigenvalue weighted by Gasteiger charge is 2.17. The summed E-state index contributed by atoms with van der Waals surface area (Å²) in [5.41, 5.74) is 6.75. The number of rotatable bonds is 7. The molecule has 0 bridgehead atoms. The average molecular weight is 492 g/mol. The van der Waals surface area contributed by atoms with Crippen molar-refractivity contribution in [1.82, 2.24) is 20.2 Å². The van der Waals surface area contributed by atoms with E-state index >= 15 is 0 Å². The van der Waals surface area contributed by atoms with Crippen molar-refractivity contribution in [2.75, 3.05) is 5.75 Å². The van der Waals surface area contributed by atoms with E-state index in [0.717, 1.165) is 22.4 Å². The van der Waals surface area contributed by atoms with Crippen molar-refractivity contribution in [3.8, 4) is 22.8 Å². The lowest BCUT2D eigenvalue weighted by molar-refractivity contribution is -0.118. The maximum Gasteiger partial charge on any atom is 0.250 e. The fourth-order valence-corrected chi connectivity index (χ4v) is 4.05. The first-order chi connectivity index (χ1) is 16.4. The van der Waals surface area contributed by atoms with Crippen LogP contribution in [0.2, 0.25) is 5.02 Å². The summed E-state index contributed by atoms with van der Waals surface area (Å²) in [6.07, 6.45) is 0.